The maximum atomic E-state index is 11.5. The zero-order valence-electron chi connectivity index (χ0n) is 8.54. The van der Waals surface area contributed by atoms with Gasteiger partial charge in [0.25, 0.3) is 0 Å². The highest BCUT2D eigenvalue weighted by atomic mass is 16.5. The van der Waals surface area contributed by atoms with Crippen molar-refractivity contribution in [2.24, 2.45) is 0 Å². The van der Waals surface area contributed by atoms with E-state index in [2.05, 4.69) is 4.98 Å². The first-order valence-electron chi connectivity index (χ1n) is 4.77. The fourth-order valence-electron chi connectivity index (χ4n) is 1.26. The van der Waals surface area contributed by atoms with Gasteiger partial charge in [-0.05, 0) is 5.56 Å². The smallest absolute Gasteiger partial charge is 0.421 e. The van der Waals surface area contributed by atoms with Crippen molar-refractivity contribution in [2.75, 3.05) is 5.73 Å². The lowest BCUT2D eigenvalue weighted by atomic mass is 10.2. The molecular weight excluding hydrogens is 206 g/mol. The van der Waals surface area contributed by atoms with Gasteiger partial charge in [0, 0.05) is 12.4 Å². The molecule has 0 aliphatic carbocycles. The molecule has 0 aliphatic rings. The van der Waals surface area contributed by atoms with Gasteiger partial charge < -0.3 is 10.5 Å². The molecule has 5 nitrogen and oxygen atoms in total. The van der Waals surface area contributed by atoms with Gasteiger partial charge in [-0.1, -0.05) is 30.3 Å². The summed E-state index contributed by atoms with van der Waals surface area (Å²) in [7, 11) is 0. The SMILES string of the molecule is Nc1nccn1C(=O)OCc1ccccc1. The van der Waals surface area contributed by atoms with Crippen LogP contribution in [0.5, 0.6) is 0 Å². The van der Waals surface area contributed by atoms with Crippen LogP contribution in [0.3, 0.4) is 0 Å². The number of aromatic nitrogens is 2. The van der Waals surface area contributed by atoms with Crippen molar-refractivity contribution >= 4 is 12.0 Å². The molecule has 2 aromatic rings. The predicted octanol–water partition coefficient (Wildman–Crippen LogP) is 1.65. The van der Waals surface area contributed by atoms with Crippen LogP contribution in [0.4, 0.5) is 10.7 Å². The Labute approximate surface area is 92.5 Å². The Morgan fingerprint density at radius 1 is 1.38 bits per heavy atom. The normalized spacial score (nSPS) is 10.0. The molecule has 0 unspecified atom stereocenters. The van der Waals surface area contributed by atoms with Crippen molar-refractivity contribution in [1.29, 1.82) is 0 Å². The van der Waals surface area contributed by atoms with Crippen molar-refractivity contribution in [3.8, 4) is 0 Å². The monoisotopic (exact) mass is 217 g/mol. The molecule has 82 valence electrons. The van der Waals surface area contributed by atoms with E-state index in [0.717, 1.165) is 10.1 Å². The summed E-state index contributed by atoms with van der Waals surface area (Å²) in [5.74, 6) is 0.123. The zero-order chi connectivity index (χ0) is 11.4. The zero-order valence-corrected chi connectivity index (χ0v) is 8.54. The lowest BCUT2D eigenvalue weighted by Crippen LogP contribution is -2.15. The Kier molecular flexibility index (Phi) is 2.86. The van der Waals surface area contributed by atoms with Crippen LogP contribution in [-0.2, 0) is 11.3 Å². The molecule has 0 amide bonds. The van der Waals surface area contributed by atoms with Gasteiger partial charge in [0.1, 0.15) is 6.61 Å². The second-order valence-electron chi connectivity index (χ2n) is 3.20. The van der Waals surface area contributed by atoms with Crippen LogP contribution < -0.4 is 5.73 Å². The van der Waals surface area contributed by atoms with Crippen molar-refractivity contribution in [1.82, 2.24) is 9.55 Å². The summed E-state index contributed by atoms with van der Waals surface area (Å²) < 4.78 is 6.21. The summed E-state index contributed by atoms with van der Waals surface area (Å²) in [5, 5.41) is 0. The number of hydrogen-bond acceptors (Lipinski definition) is 4. The Hall–Kier alpha value is -2.30. The molecular formula is C11H11N3O2. The van der Waals surface area contributed by atoms with Gasteiger partial charge in [-0.15, -0.1) is 0 Å². The van der Waals surface area contributed by atoms with E-state index in [0.29, 0.717) is 0 Å². The fraction of sp³-hybridized carbons (Fsp3) is 0.0909. The molecule has 0 saturated heterocycles. The van der Waals surface area contributed by atoms with E-state index in [1.807, 2.05) is 30.3 Å². The Morgan fingerprint density at radius 3 is 2.75 bits per heavy atom. The maximum absolute atomic E-state index is 11.5. The van der Waals surface area contributed by atoms with Crippen LogP contribution in [0.1, 0.15) is 5.56 Å². The number of ether oxygens (including phenoxy) is 1. The number of anilines is 1. The molecule has 0 saturated carbocycles. The van der Waals surface area contributed by atoms with Gasteiger partial charge in [0.15, 0.2) is 0 Å². The van der Waals surface area contributed by atoms with Crippen LogP contribution in [0.15, 0.2) is 42.7 Å². The molecule has 16 heavy (non-hydrogen) atoms. The number of hydrogen-bond donors (Lipinski definition) is 1. The summed E-state index contributed by atoms with van der Waals surface area (Å²) >= 11 is 0. The molecule has 0 atom stereocenters. The molecule has 5 heteroatoms. The van der Waals surface area contributed by atoms with Crippen LogP contribution >= 0.6 is 0 Å². The minimum Gasteiger partial charge on any atom is -0.444 e. The summed E-state index contributed by atoms with van der Waals surface area (Å²) in [5.41, 5.74) is 6.39. The average Bonchev–Trinajstić information content (AvgIpc) is 2.74. The van der Waals surface area contributed by atoms with Crippen molar-refractivity contribution < 1.29 is 9.53 Å². The average molecular weight is 217 g/mol. The first-order chi connectivity index (χ1) is 7.77. The Morgan fingerprint density at radius 2 is 2.12 bits per heavy atom. The van der Waals surface area contributed by atoms with Gasteiger partial charge in [-0.3, -0.25) is 0 Å². The van der Waals surface area contributed by atoms with Crippen LogP contribution in [0.25, 0.3) is 0 Å². The van der Waals surface area contributed by atoms with Gasteiger partial charge in [0.05, 0.1) is 0 Å². The highest BCUT2D eigenvalue weighted by molar-refractivity contribution is 5.73. The topological polar surface area (TPSA) is 70.1 Å². The summed E-state index contributed by atoms with van der Waals surface area (Å²) in [6, 6.07) is 9.43. The number of nitrogen functional groups attached to an aromatic ring is 1. The molecule has 2 N–H and O–H groups in total. The molecule has 1 aromatic heterocycles. The second kappa shape index (κ2) is 4.48. The molecule has 0 bridgehead atoms. The number of nitrogens with two attached hydrogens (primary N) is 1. The van der Waals surface area contributed by atoms with E-state index in [-0.39, 0.29) is 12.6 Å². The summed E-state index contributed by atoms with van der Waals surface area (Å²) in [6.45, 7) is 0.220. The molecule has 0 aliphatic heterocycles. The Balaban J connectivity index is 1.97. The first-order valence-corrected chi connectivity index (χ1v) is 4.77. The molecule has 1 heterocycles. The number of nitrogens with zero attached hydrogens (tertiary/aromatic N) is 2. The third kappa shape index (κ3) is 2.20. The van der Waals surface area contributed by atoms with Gasteiger partial charge in [-0.2, -0.15) is 0 Å². The van der Waals surface area contributed by atoms with Crippen LogP contribution in [0.2, 0.25) is 0 Å². The molecule has 2 rings (SSSR count). The van der Waals surface area contributed by atoms with E-state index in [1.165, 1.54) is 12.4 Å². The third-order valence-corrected chi connectivity index (χ3v) is 2.07. The minimum absolute atomic E-state index is 0.123. The number of carbonyl (C=O) groups excluding carboxylic acids is 1. The lowest BCUT2D eigenvalue weighted by molar-refractivity contribution is 0.142. The quantitative estimate of drug-likeness (QED) is 0.830. The third-order valence-electron chi connectivity index (χ3n) is 2.07. The summed E-state index contributed by atoms with van der Waals surface area (Å²) in [4.78, 5) is 15.3. The molecule has 0 radical (unpaired) electrons. The van der Waals surface area contributed by atoms with E-state index in [4.69, 9.17) is 10.5 Å². The first kappa shape index (κ1) is 10.2. The van der Waals surface area contributed by atoms with Crippen LogP contribution in [-0.4, -0.2) is 15.6 Å². The molecule has 1 aromatic carbocycles. The van der Waals surface area contributed by atoms with Crippen molar-refractivity contribution in [3.05, 3.63) is 48.3 Å². The van der Waals surface area contributed by atoms with Gasteiger partial charge in [-0.25, -0.2) is 14.3 Å². The lowest BCUT2D eigenvalue weighted by Gasteiger charge is -2.05. The minimum atomic E-state index is -0.529. The number of carbonyl (C=O) groups is 1. The Bertz CT molecular complexity index is 479. The number of benzene rings is 1. The standard InChI is InChI=1S/C11H11N3O2/c12-10-13-6-7-14(10)11(15)16-8-9-4-2-1-3-5-9/h1-7H,8H2,(H2,12,13). The van der Waals surface area contributed by atoms with E-state index in [9.17, 15) is 4.79 Å². The maximum Gasteiger partial charge on any atom is 0.421 e. The summed E-state index contributed by atoms with van der Waals surface area (Å²) in [6.07, 6.45) is 2.38. The van der Waals surface area contributed by atoms with E-state index >= 15 is 0 Å². The van der Waals surface area contributed by atoms with Gasteiger partial charge >= 0.3 is 6.09 Å². The highest BCUT2D eigenvalue weighted by Gasteiger charge is 2.08. The molecule has 0 fully saturated rings. The fourth-order valence-corrected chi connectivity index (χ4v) is 1.26. The van der Waals surface area contributed by atoms with Gasteiger partial charge in [0.2, 0.25) is 5.95 Å². The molecule has 0 spiro atoms. The number of rotatable bonds is 2. The van der Waals surface area contributed by atoms with Crippen molar-refractivity contribution in [3.63, 3.8) is 0 Å². The second-order valence-corrected chi connectivity index (χ2v) is 3.20. The largest absolute Gasteiger partial charge is 0.444 e. The number of imidazole rings is 1. The highest BCUT2D eigenvalue weighted by Crippen LogP contribution is 2.04. The van der Waals surface area contributed by atoms with E-state index < -0.39 is 6.09 Å². The van der Waals surface area contributed by atoms with Crippen LogP contribution in [0, 0.1) is 0 Å². The predicted molar refractivity (Wildman–Crippen MR) is 58.7 cm³/mol. The van der Waals surface area contributed by atoms with E-state index in [1.54, 1.807) is 0 Å². The van der Waals surface area contributed by atoms with Crippen molar-refractivity contribution in [2.45, 2.75) is 6.61 Å².